The Hall–Kier alpha value is -0.520. The molecule has 0 aromatic carbocycles. The maximum atomic E-state index is 4.96. The van der Waals surface area contributed by atoms with Crippen molar-refractivity contribution in [3.05, 3.63) is 10.0 Å². The Morgan fingerprint density at radius 3 is 2.56 bits per heavy atom. The van der Waals surface area contributed by atoms with Gasteiger partial charge in [0.15, 0.2) is 0 Å². The van der Waals surface area contributed by atoms with Crippen molar-refractivity contribution in [1.29, 1.82) is 0 Å². The molecule has 0 spiro atoms. The van der Waals surface area contributed by atoms with Crippen molar-refractivity contribution in [2.45, 2.75) is 33.7 Å². The average molecular weight is 243 g/mol. The monoisotopic (exact) mass is 243 g/mol. The van der Waals surface area contributed by atoms with Crippen LogP contribution in [-0.4, -0.2) is 30.5 Å². The van der Waals surface area contributed by atoms with E-state index in [9.17, 15) is 0 Å². The number of rotatable bonds is 6. The molecule has 0 fully saturated rings. The molecule has 0 amide bonds. The zero-order valence-corrected chi connectivity index (χ0v) is 11.4. The van der Waals surface area contributed by atoms with E-state index in [0.717, 1.165) is 36.1 Å². The number of aromatic nitrogens is 2. The first kappa shape index (κ1) is 13.5. The predicted octanol–water partition coefficient (Wildman–Crippen LogP) is 1.86. The third-order valence-electron chi connectivity index (χ3n) is 1.95. The number of hydrogen-bond acceptors (Lipinski definition) is 5. The van der Waals surface area contributed by atoms with Crippen LogP contribution in [0.2, 0.25) is 0 Å². The molecule has 16 heavy (non-hydrogen) atoms. The van der Waals surface area contributed by atoms with E-state index in [1.807, 2.05) is 0 Å². The fraction of sp³-hybridized carbons (Fsp3) is 0.818. The molecule has 0 aliphatic carbocycles. The summed E-state index contributed by atoms with van der Waals surface area (Å²) in [6.45, 7) is 9.00. The third kappa shape index (κ3) is 5.53. The molecule has 1 heterocycles. The van der Waals surface area contributed by atoms with Crippen molar-refractivity contribution >= 4 is 11.3 Å². The van der Waals surface area contributed by atoms with Gasteiger partial charge in [0.1, 0.15) is 10.0 Å². The standard InChI is InChI=1S/C11H21N3OS/c1-11(2,3)7-9-13-14-10(16-9)8-12-5-6-15-4/h12H,5-8H2,1-4H3. The van der Waals surface area contributed by atoms with Gasteiger partial charge < -0.3 is 10.1 Å². The molecule has 92 valence electrons. The van der Waals surface area contributed by atoms with Gasteiger partial charge in [-0.15, -0.1) is 21.5 Å². The number of ether oxygens (including phenoxy) is 1. The van der Waals surface area contributed by atoms with E-state index in [0.29, 0.717) is 0 Å². The normalized spacial score (nSPS) is 12.0. The van der Waals surface area contributed by atoms with E-state index in [1.54, 1.807) is 18.4 Å². The molecule has 0 bridgehead atoms. The number of methoxy groups -OCH3 is 1. The Bertz CT molecular complexity index is 306. The van der Waals surface area contributed by atoms with Gasteiger partial charge in [0.25, 0.3) is 0 Å². The zero-order valence-electron chi connectivity index (χ0n) is 10.5. The molecule has 1 N–H and O–H groups in total. The lowest BCUT2D eigenvalue weighted by molar-refractivity contribution is 0.199. The Morgan fingerprint density at radius 1 is 1.25 bits per heavy atom. The summed E-state index contributed by atoms with van der Waals surface area (Å²) < 4.78 is 4.96. The molecule has 1 rings (SSSR count). The highest BCUT2D eigenvalue weighted by atomic mass is 32.1. The van der Waals surface area contributed by atoms with Crippen LogP contribution in [0.25, 0.3) is 0 Å². The maximum Gasteiger partial charge on any atom is 0.131 e. The fourth-order valence-electron chi connectivity index (χ4n) is 1.25. The van der Waals surface area contributed by atoms with Gasteiger partial charge in [-0.05, 0) is 5.41 Å². The van der Waals surface area contributed by atoms with Crippen molar-refractivity contribution in [3.63, 3.8) is 0 Å². The highest BCUT2D eigenvalue weighted by molar-refractivity contribution is 7.11. The lowest BCUT2D eigenvalue weighted by Crippen LogP contribution is -2.18. The van der Waals surface area contributed by atoms with Crippen molar-refractivity contribution in [2.24, 2.45) is 5.41 Å². The molecular weight excluding hydrogens is 222 g/mol. The second-order valence-corrected chi connectivity index (χ2v) is 6.14. The van der Waals surface area contributed by atoms with Gasteiger partial charge in [0.05, 0.1) is 6.61 Å². The van der Waals surface area contributed by atoms with E-state index >= 15 is 0 Å². The molecular formula is C11H21N3OS. The molecule has 0 saturated heterocycles. The van der Waals surface area contributed by atoms with E-state index in [4.69, 9.17) is 4.74 Å². The summed E-state index contributed by atoms with van der Waals surface area (Å²) in [7, 11) is 1.70. The Morgan fingerprint density at radius 2 is 1.94 bits per heavy atom. The first-order valence-corrected chi connectivity index (χ1v) is 6.34. The highest BCUT2D eigenvalue weighted by Gasteiger charge is 2.14. The van der Waals surface area contributed by atoms with Crippen LogP contribution in [0.3, 0.4) is 0 Å². The molecule has 0 aliphatic rings. The smallest absolute Gasteiger partial charge is 0.131 e. The highest BCUT2D eigenvalue weighted by Crippen LogP contribution is 2.22. The van der Waals surface area contributed by atoms with Crippen LogP contribution in [-0.2, 0) is 17.7 Å². The van der Waals surface area contributed by atoms with Gasteiger partial charge in [-0.25, -0.2) is 0 Å². The Balaban J connectivity index is 2.34. The van der Waals surface area contributed by atoms with Crippen molar-refractivity contribution in [2.75, 3.05) is 20.3 Å². The van der Waals surface area contributed by atoms with E-state index < -0.39 is 0 Å². The van der Waals surface area contributed by atoms with Crippen LogP contribution in [0.5, 0.6) is 0 Å². The van der Waals surface area contributed by atoms with Gasteiger partial charge >= 0.3 is 0 Å². The summed E-state index contributed by atoms with van der Waals surface area (Å²) in [5.74, 6) is 0. The maximum absolute atomic E-state index is 4.96. The van der Waals surface area contributed by atoms with Crippen LogP contribution in [0.15, 0.2) is 0 Å². The molecule has 0 radical (unpaired) electrons. The van der Waals surface area contributed by atoms with Gasteiger partial charge in [-0.3, -0.25) is 0 Å². The Labute approximate surface area is 101 Å². The molecule has 0 unspecified atom stereocenters. The van der Waals surface area contributed by atoms with Gasteiger partial charge in [0.2, 0.25) is 0 Å². The third-order valence-corrected chi connectivity index (χ3v) is 2.87. The number of hydrogen-bond donors (Lipinski definition) is 1. The topological polar surface area (TPSA) is 47.0 Å². The lowest BCUT2D eigenvalue weighted by atomic mass is 9.93. The second kappa shape index (κ2) is 6.27. The van der Waals surface area contributed by atoms with Crippen LogP contribution in [0.1, 0.15) is 30.8 Å². The summed E-state index contributed by atoms with van der Waals surface area (Å²) in [6.07, 6.45) is 0.989. The largest absolute Gasteiger partial charge is 0.383 e. The summed E-state index contributed by atoms with van der Waals surface area (Å²) in [6, 6.07) is 0. The summed E-state index contributed by atoms with van der Waals surface area (Å²) >= 11 is 1.69. The molecule has 5 heteroatoms. The molecule has 4 nitrogen and oxygen atoms in total. The summed E-state index contributed by atoms with van der Waals surface area (Å²) in [4.78, 5) is 0. The van der Waals surface area contributed by atoms with E-state index in [2.05, 4.69) is 36.3 Å². The van der Waals surface area contributed by atoms with Gasteiger partial charge in [0, 0.05) is 26.6 Å². The minimum Gasteiger partial charge on any atom is -0.383 e. The molecule has 1 aromatic rings. The second-order valence-electron chi connectivity index (χ2n) is 5.00. The summed E-state index contributed by atoms with van der Waals surface area (Å²) in [5, 5.41) is 13.8. The lowest BCUT2D eigenvalue weighted by Gasteiger charge is -2.14. The van der Waals surface area contributed by atoms with Gasteiger partial charge in [-0.2, -0.15) is 0 Å². The minimum absolute atomic E-state index is 0.278. The first-order valence-electron chi connectivity index (χ1n) is 5.52. The molecule has 0 aliphatic heterocycles. The molecule has 0 saturated carbocycles. The molecule has 0 atom stereocenters. The molecule has 1 aromatic heterocycles. The fourth-order valence-corrected chi connectivity index (χ4v) is 2.37. The minimum atomic E-state index is 0.278. The van der Waals surface area contributed by atoms with Crippen molar-refractivity contribution in [1.82, 2.24) is 15.5 Å². The Kier molecular flexibility index (Phi) is 5.31. The quantitative estimate of drug-likeness (QED) is 0.775. The zero-order chi connectivity index (χ0) is 12.0. The number of nitrogens with one attached hydrogen (secondary N) is 1. The van der Waals surface area contributed by atoms with Crippen molar-refractivity contribution in [3.8, 4) is 0 Å². The van der Waals surface area contributed by atoms with E-state index in [-0.39, 0.29) is 5.41 Å². The number of nitrogens with zero attached hydrogens (tertiary/aromatic N) is 2. The van der Waals surface area contributed by atoms with E-state index in [1.165, 1.54) is 0 Å². The average Bonchev–Trinajstić information content (AvgIpc) is 2.58. The first-order chi connectivity index (χ1) is 7.51. The van der Waals surface area contributed by atoms with Crippen molar-refractivity contribution < 1.29 is 4.74 Å². The predicted molar refractivity (Wildman–Crippen MR) is 66.7 cm³/mol. The van der Waals surface area contributed by atoms with Gasteiger partial charge in [-0.1, -0.05) is 20.8 Å². The van der Waals surface area contributed by atoms with Crippen LogP contribution < -0.4 is 5.32 Å². The van der Waals surface area contributed by atoms with Crippen LogP contribution in [0.4, 0.5) is 0 Å². The van der Waals surface area contributed by atoms with Crippen LogP contribution >= 0.6 is 11.3 Å². The summed E-state index contributed by atoms with van der Waals surface area (Å²) in [5.41, 5.74) is 0.278. The van der Waals surface area contributed by atoms with Crippen LogP contribution in [0, 0.1) is 5.41 Å². The SMILES string of the molecule is COCCNCc1nnc(CC(C)(C)C)s1.